The van der Waals surface area contributed by atoms with Gasteiger partial charge in [-0.1, -0.05) is 12.1 Å². The van der Waals surface area contributed by atoms with E-state index in [1.54, 1.807) is 30.3 Å². The molecule has 128 valence electrons. The highest BCUT2D eigenvalue weighted by atomic mass is 32.2. The summed E-state index contributed by atoms with van der Waals surface area (Å²) in [4.78, 5) is 12.3. The van der Waals surface area contributed by atoms with Crippen molar-refractivity contribution < 1.29 is 22.7 Å². The van der Waals surface area contributed by atoms with E-state index < -0.39 is 10.0 Å². The molecule has 0 heterocycles. The standard InChI is InChI=1S/C16H18N2O5S/c1-22-12-5-8-14(15(9-12)23-2)16(19)18-10-11-3-6-13(7-4-11)24(17,20)21/h3-9H,10H2,1-2H3,(H,18,19)(H2,17,20,21). The smallest absolute Gasteiger partial charge is 0.255 e. The molecule has 3 N–H and O–H groups in total. The van der Waals surface area contributed by atoms with Crippen molar-refractivity contribution in [1.29, 1.82) is 0 Å². The molecule has 0 fully saturated rings. The molecule has 8 heteroatoms. The summed E-state index contributed by atoms with van der Waals surface area (Å²) < 4.78 is 32.7. The normalized spacial score (nSPS) is 11.0. The molecule has 0 atom stereocenters. The van der Waals surface area contributed by atoms with Crippen LogP contribution in [0, 0.1) is 0 Å². The Morgan fingerprint density at radius 1 is 1.08 bits per heavy atom. The van der Waals surface area contributed by atoms with Crippen LogP contribution >= 0.6 is 0 Å². The summed E-state index contributed by atoms with van der Waals surface area (Å²) in [5.41, 5.74) is 1.11. The fourth-order valence-corrected chi connectivity index (χ4v) is 2.58. The maximum atomic E-state index is 12.3. The van der Waals surface area contributed by atoms with E-state index in [4.69, 9.17) is 14.6 Å². The van der Waals surface area contributed by atoms with E-state index >= 15 is 0 Å². The number of hydrogen-bond acceptors (Lipinski definition) is 5. The lowest BCUT2D eigenvalue weighted by molar-refractivity contribution is 0.0948. The van der Waals surface area contributed by atoms with Gasteiger partial charge in [0.25, 0.3) is 5.91 Å². The minimum atomic E-state index is -3.73. The Morgan fingerprint density at radius 3 is 2.29 bits per heavy atom. The monoisotopic (exact) mass is 350 g/mol. The maximum absolute atomic E-state index is 12.3. The number of benzene rings is 2. The second kappa shape index (κ2) is 7.33. The zero-order valence-corrected chi connectivity index (χ0v) is 14.1. The predicted octanol–water partition coefficient (Wildman–Crippen LogP) is 1.28. The number of carbonyl (C=O) groups excluding carboxylic acids is 1. The van der Waals surface area contributed by atoms with E-state index in [9.17, 15) is 13.2 Å². The highest BCUT2D eigenvalue weighted by Gasteiger charge is 2.13. The van der Waals surface area contributed by atoms with E-state index in [0.717, 1.165) is 5.56 Å². The van der Waals surface area contributed by atoms with E-state index in [-0.39, 0.29) is 17.3 Å². The molecule has 0 radical (unpaired) electrons. The van der Waals surface area contributed by atoms with Gasteiger partial charge in [-0.15, -0.1) is 0 Å². The highest BCUT2D eigenvalue weighted by molar-refractivity contribution is 7.89. The second-order valence-electron chi connectivity index (χ2n) is 4.94. The number of methoxy groups -OCH3 is 2. The highest BCUT2D eigenvalue weighted by Crippen LogP contribution is 2.24. The van der Waals surface area contributed by atoms with Gasteiger partial charge in [-0.3, -0.25) is 4.79 Å². The molecule has 0 aliphatic carbocycles. The summed E-state index contributed by atoms with van der Waals surface area (Å²) in [6.07, 6.45) is 0. The van der Waals surface area contributed by atoms with Crippen LogP contribution in [0.4, 0.5) is 0 Å². The number of sulfonamides is 1. The van der Waals surface area contributed by atoms with Crippen LogP contribution in [-0.2, 0) is 16.6 Å². The minimum Gasteiger partial charge on any atom is -0.497 e. The number of ether oxygens (including phenoxy) is 2. The minimum absolute atomic E-state index is 0.0226. The summed E-state index contributed by atoms with van der Waals surface area (Å²) >= 11 is 0. The van der Waals surface area contributed by atoms with Gasteiger partial charge in [0, 0.05) is 12.6 Å². The lowest BCUT2D eigenvalue weighted by Gasteiger charge is -2.11. The molecule has 24 heavy (non-hydrogen) atoms. The van der Waals surface area contributed by atoms with Crippen molar-refractivity contribution in [3.05, 3.63) is 53.6 Å². The Balaban J connectivity index is 2.08. The Kier molecular flexibility index (Phi) is 5.42. The number of amides is 1. The average Bonchev–Trinajstić information content (AvgIpc) is 2.58. The van der Waals surface area contributed by atoms with Crippen molar-refractivity contribution in [2.45, 2.75) is 11.4 Å². The van der Waals surface area contributed by atoms with Crippen molar-refractivity contribution in [2.75, 3.05) is 14.2 Å². The predicted molar refractivity (Wildman–Crippen MR) is 88.5 cm³/mol. The average molecular weight is 350 g/mol. The third-order valence-corrected chi connectivity index (χ3v) is 4.29. The molecule has 0 aliphatic heterocycles. The van der Waals surface area contributed by atoms with Crippen LogP contribution in [0.2, 0.25) is 0 Å². The molecule has 0 aliphatic rings. The van der Waals surface area contributed by atoms with Crippen LogP contribution in [0.5, 0.6) is 11.5 Å². The summed E-state index contributed by atoms with van der Waals surface area (Å²) in [6, 6.07) is 10.9. The Morgan fingerprint density at radius 2 is 1.75 bits per heavy atom. The molecule has 0 saturated heterocycles. The fraction of sp³-hybridized carbons (Fsp3) is 0.188. The van der Waals surface area contributed by atoms with Gasteiger partial charge in [0.05, 0.1) is 24.7 Å². The van der Waals surface area contributed by atoms with Crippen molar-refractivity contribution in [3.63, 3.8) is 0 Å². The summed E-state index contributed by atoms with van der Waals surface area (Å²) in [5.74, 6) is 0.670. The first kappa shape index (κ1) is 17.8. The molecule has 0 unspecified atom stereocenters. The largest absolute Gasteiger partial charge is 0.497 e. The number of rotatable bonds is 6. The van der Waals surface area contributed by atoms with Gasteiger partial charge in [-0.05, 0) is 29.8 Å². The summed E-state index contributed by atoms with van der Waals surface area (Å²) in [6.45, 7) is 0.235. The summed E-state index contributed by atoms with van der Waals surface area (Å²) in [5, 5.41) is 7.78. The van der Waals surface area contributed by atoms with Gasteiger partial charge in [0.15, 0.2) is 0 Å². The molecule has 1 amide bonds. The van der Waals surface area contributed by atoms with Crippen molar-refractivity contribution >= 4 is 15.9 Å². The van der Waals surface area contributed by atoms with Gasteiger partial charge < -0.3 is 14.8 Å². The molecule has 2 rings (SSSR count). The second-order valence-corrected chi connectivity index (χ2v) is 6.50. The fourth-order valence-electron chi connectivity index (χ4n) is 2.06. The van der Waals surface area contributed by atoms with Crippen molar-refractivity contribution in [1.82, 2.24) is 5.32 Å². The molecular formula is C16H18N2O5S. The van der Waals surface area contributed by atoms with Crippen LogP contribution in [0.1, 0.15) is 15.9 Å². The molecular weight excluding hydrogens is 332 g/mol. The number of carbonyl (C=O) groups is 1. The maximum Gasteiger partial charge on any atom is 0.255 e. The third kappa shape index (κ3) is 4.24. The van der Waals surface area contributed by atoms with Crippen LogP contribution in [0.3, 0.4) is 0 Å². The SMILES string of the molecule is COc1ccc(C(=O)NCc2ccc(S(N)(=O)=O)cc2)c(OC)c1. The Hall–Kier alpha value is -2.58. The van der Waals surface area contributed by atoms with E-state index in [1.165, 1.54) is 26.4 Å². The van der Waals surface area contributed by atoms with E-state index in [1.807, 2.05) is 0 Å². The molecule has 0 bridgehead atoms. The Labute approximate surface area is 140 Å². The number of primary sulfonamides is 1. The van der Waals surface area contributed by atoms with Gasteiger partial charge in [-0.2, -0.15) is 0 Å². The zero-order valence-electron chi connectivity index (χ0n) is 13.3. The van der Waals surface area contributed by atoms with Gasteiger partial charge in [0.1, 0.15) is 11.5 Å². The Bertz CT molecular complexity index is 832. The van der Waals surface area contributed by atoms with Crippen LogP contribution in [-0.4, -0.2) is 28.5 Å². The first-order valence-corrected chi connectivity index (χ1v) is 8.51. The first-order valence-electron chi connectivity index (χ1n) is 6.97. The third-order valence-electron chi connectivity index (χ3n) is 3.36. The van der Waals surface area contributed by atoms with Crippen molar-refractivity contribution in [3.8, 4) is 11.5 Å². The lowest BCUT2D eigenvalue weighted by atomic mass is 10.1. The van der Waals surface area contributed by atoms with Crippen LogP contribution in [0.15, 0.2) is 47.4 Å². The van der Waals surface area contributed by atoms with Crippen LogP contribution < -0.4 is 19.9 Å². The lowest BCUT2D eigenvalue weighted by Crippen LogP contribution is -2.23. The van der Waals surface area contributed by atoms with E-state index in [0.29, 0.717) is 17.1 Å². The number of nitrogens with two attached hydrogens (primary N) is 1. The van der Waals surface area contributed by atoms with E-state index in [2.05, 4.69) is 5.32 Å². The quantitative estimate of drug-likeness (QED) is 0.816. The van der Waals surface area contributed by atoms with Gasteiger partial charge in [0.2, 0.25) is 10.0 Å². The van der Waals surface area contributed by atoms with Crippen molar-refractivity contribution in [2.24, 2.45) is 5.14 Å². The zero-order chi connectivity index (χ0) is 17.7. The molecule has 0 spiro atoms. The number of hydrogen-bond donors (Lipinski definition) is 2. The van der Waals surface area contributed by atoms with Gasteiger partial charge >= 0.3 is 0 Å². The van der Waals surface area contributed by atoms with Crippen LogP contribution in [0.25, 0.3) is 0 Å². The first-order chi connectivity index (χ1) is 11.3. The molecule has 2 aromatic carbocycles. The molecule has 7 nitrogen and oxygen atoms in total. The molecule has 2 aromatic rings. The summed E-state index contributed by atoms with van der Waals surface area (Å²) in [7, 11) is -0.728. The molecule has 0 aromatic heterocycles. The topological polar surface area (TPSA) is 108 Å². The van der Waals surface area contributed by atoms with Gasteiger partial charge in [-0.25, -0.2) is 13.6 Å². The molecule has 0 saturated carbocycles. The number of nitrogens with one attached hydrogen (secondary N) is 1.